The van der Waals surface area contributed by atoms with Crippen molar-refractivity contribution in [2.75, 3.05) is 9.96 Å². The Morgan fingerprint density at radius 2 is 1.26 bits per heavy atom. The van der Waals surface area contributed by atoms with Gasteiger partial charge in [0.1, 0.15) is 17.3 Å². The molecule has 4 aromatic rings. The number of amides is 2. The molecular formula is C29H21FN2O3. The Hall–Kier alpha value is -4.29. The Bertz CT molecular complexity index is 1380. The molecule has 0 aliphatic carbocycles. The third-order valence-corrected chi connectivity index (χ3v) is 6.76. The van der Waals surface area contributed by atoms with Crippen molar-refractivity contribution in [1.29, 1.82) is 0 Å². The van der Waals surface area contributed by atoms with Gasteiger partial charge in [-0.05, 0) is 47.5 Å². The lowest BCUT2D eigenvalue weighted by atomic mass is 9.69. The van der Waals surface area contributed by atoms with E-state index < -0.39 is 35.2 Å². The van der Waals surface area contributed by atoms with Gasteiger partial charge in [-0.3, -0.25) is 14.4 Å². The largest absolute Gasteiger partial charge is 0.273 e. The summed E-state index contributed by atoms with van der Waals surface area (Å²) in [6.45, 7) is 0. The third kappa shape index (κ3) is 3.11. The second-order valence-electron chi connectivity index (χ2n) is 8.65. The summed E-state index contributed by atoms with van der Waals surface area (Å²) in [5.41, 5.74) is 1.21. The zero-order valence-electron chi connectivity index (χ0n) is 18.6. The molecule has 2 amide bonds. The minimum atomic E-state index is -1.36. The highest BCUT2D eigenvalue weighted by molar-refractivity contribution is 6.28. The number of nitrogens with zero attached hydrogens (tertiary/aromatic N) is 2. The molecule has 3 atom stereocenters. The van der Waals surface area contributed by atoms with Crippen LogP contribution in [0.2, 0.25) is 0 Å². The van der Waals surface area contributed by atoms with E-state index in [2.05, 4.69) is 0 Å². The van der Waals surface area contributed by atoms with Crippen LogP contribution in [0.5, 0.6) is 0 Å². The topological polar surface area (TPSA) is 49.9 Å². The Kier molecular flexibility index (Phi) is 4.97. The van der Waals surface area contributed by atoms with Crippen molar-refractivity contribution in [2.24, 2.45) is 0 Å². The average molecular weight is 464 g/mol. The highest BCUT2D eigenvalue weighted by Gasteiger charge is 2.72. The summed E-state index contributed by atoms with van der Waals surface area (Å²) in [5.74, 6) is -1.33. The molecule has 0 saturated carbocycles. The number of hydrogen-bond acceptors (Lipinski definition) is 4. The van der Waals surface area contributed by atoms with Gasteiger partial charge in [0.05, 0.1) is 11.4 Å². The summed E-state index contributed by atoms with van der Waals surface area (Å²) in [7, 11) is 0. The lowest BCUT2D eigenvalue weighted by Gasteiger charge is -2.35. The number of anilines is 2. The van der Waals surface area contributed by atoms with Gasteiger partial charge in [-0.2, -0.15) is 0 Å². The molecule has 0 spiro atoms. The smallest absolute Gasteiger partial charge is 0.267 e. The number of benzene rings is 4. The van der Waals surface area contributed by atoms with E-state index >= 15 is 0 Å². The predicted molar refractivity (Wildman–Crippen MR) is 130 cm³/mol. The monoisotopic (exact) mass is 464 g/mol. The van der Waals surface area contributed by atoms with E-state index in [0.717, 1.165) is 16.2 Å². The number of carbonyl (C=O) groups is 2. The van der Waals surface area contributed by atoms with Gasteiger partial charge in [0.25, 0.3) is 5.91 Å². The second kappa shape index (κ2) is 8.18. The summed E-state index contributed by atoms with van der Waals surface area (Å²) >= 11 is 0. The SMILES string of the molecule is O=C1[C@@H]2ON(c3ccccc3)[C@H](c3ccccc3)[C@@]2(c2ccccc2)C(=O)N1c1ccc(F)cc1. The average Bonchev–Trinajstić information content (AvgIpc) is 3.38. The van der Waals surface area contributed by atoms with Crippen molar-refractivity contribution in [3.8, 4) is 0 Å². The van der Waals surface area contributed by atoms with Crippen molar-refractivity contribution >= 4 is 23.2 Å². The Balaban J connectivity index is 1.61. The molecule has 2 fully saturated rings. The van der Waals surface area contributed by atoms with Gasteiger partial charge >= 0.3 is 0 Å². The molecule has 2 saturated heterocycles. The third-order valence-electron chi connectivity index (χ3n) is 6.76. The van der Waals surface area contributed by atoms with Gasteiger partial charge in [0, 0.05) is 0 Å². The van der Waals surface area contributed by atoms with Crippen LogP contribution in [0.25, 0.3) is 0 Å². The number of fused-ring (bicyclic) bond motifs is 1. The van der Waals surface area contributed by atoms with Crippen LogP contribution in [-0.4, -0.2) is 17.9 Å². The number of hydrogen-bond donors (Lipinski definition) is 0. The highest BCUT2D eigenvalue weighted by atomic mass is 19.1. The fraction of sp³-hybridized carbons (Fsp3) is 0.103. The van der Waals surface area contributed by atoms with Crippen LogP contribution in [-0.2, 0) is 19.8 Å². The van der Waals surface area contributed by atoms with Gasteiger partial charge in [-0.15, -0.1) is 0 Å². The van der Waals surface area contributed by atoms with E-state index in [4.69, 9.17) is 4.84 Å². The van der Waals surface area contributed by atoms with Gasteiger partial charge in [0.2, 0.25) is 5.91 Å². The molecule has 2 aliphatic heterocycles. The molecule has 6 rings (SSSR count). The van der Waals surface area contributed by atoms with E-state index in [1.165, 1.54) is 24.3 Å². The van der Waals surface area contributed by atoms with Gasteiger partial charge in [-0.25, -0.2) is 14.4 Å². The maximum atomic E-state index is 14.5. The fourth-order valence-electron chi connectivity index (χ4n) is 5.26. The molecule has 35 heavy (non-hydrogen) atoms. The first-order chi connectivity index (χ1) is 17.1. The van der Waals surface area contributed by atoms with Crippen molar-refractivity contribution < 1.29 is 18.8 Å². The molecule has 2 heterocycles. The number of para-hydroxylation sites is 1. The molecule has 0 radical (unpaired) electrons. The molecular weight excluding hydrogens is 443 g/mol. The molecule has 4 aromatic carbocycles. The zero-order valence-corrected chi connectivity index (χ0v) is 18.6. The first-order valence-corrected chi connectivity index (χ1v) is 11.4. The lowest BCUT2D eigenvalue weighted by Crippen LogP contribution is -2.46. The molecule has 0 N–H and O–H groups in total. The summed E-state index contributed by atoms with van der Waals surface area (Å²) in [4.78, 5) is 35.9. The van der Waals surface area contributed by atoms with Crippen LogP contribution < -0.4 is 9.96 Å². The molecule has 2 aliphatic rings. The lowest BCUT2D eigenvalue weighted by molar-refractivity contribution is -0.126. The summed E-state index contributed by atoms with van der Waals surface area (Å²) in [5, 5.41) is 1.69. The molecule has 5 nitrogen and oxygen atoms in total. The summed E-state index contributed by atoms with van der Waals surface area (Å²) < 4.78 is 13.6. The Morgan fingerprint density at radius 3 is 1.89 bits per heavy atom. The number of hydroxylamine groups is 1. The van der Waals surface area contributed by atoms with Gasteiger partial charge in [0.15, 0.2) is 6.10 Å². The first kappa shape index (κ1) is 21.3. The van der Waals surface area contributed by atoms with E-state index in [9.17, 15) is 14.0 Å². The Morgan fingerprint density at radius 1 is 0.686 bits per heavy atom. The van der Waals surface area contributed by atoms with Gasteiger partial charge < -0.3 is 0 Å². The fourth-order valence-corrected chi connectivity index (χ4v) is 5.26. The van der Waals surface area contributed by atoms with Crippen LogP contribution in [0.4, 0.5) is 15.8 Å². The second-order valence-corrected chi connectivity index (χ2v) is 8.65. The minimum Gasteiger partial charge on any atom is -0.273 e. The number of rotatable bonds is 4. The summed E-state index contributed by atoms with van der Waals surface area (Å²) in [6.07, 6.45) is -1.10. The van der Waals surface area contributed by atoms with Crippen molar-refractivity contribution in [1.82, 2.24) is 0 Å². The van der Waals surface area contributed by atoms with E-state index in [1.807, 2.05) is 91.0 Å². The predicted octanol–water partition coefficient (Wildman–Crippen LogP) is 5.20. The first-order valence-electron chi connectivity index (χ1n) is 11.4. The van der Waals surface area contributed by atoms with Crippen LogP contribution in [0.1, 0.15) is 17.2 Å². The van der Waals surface area contributed by atoms with Crippen LogP contribution in [0.3, 0.4) is 0 Å². The van der Waals surface area contributed by atoms with Gasteiger partial charge in [-0.1, -0.05) is 78.9 Å². The standard InChI is InChI=1S/C29H21FN2O3/c30-22-16-18-23(19-17-22)31-27(33)26-29(28(31)34,21-12-6-2-7-13-21)25(20-10-4-1-5-11-20)32(35-26)24-14-8-3-9-15-24/h1-19,25-26H/t25-,26+,29-/m1/s1. The van der Waals surface area contributed by atoms with Crippen molar-refractivity contribution in [3.05, 3.63) is 132 Å². The normalized spacial score (nSPS) is 23.6. The van der Waals surface area contributed by atoms with Crippen molar-refractivity contribution in [3.63, 3.8) is 0 Å². The highest BCUT2D eigenvalue weighted by Crippen LogP contribution is 2.57. The number of carbonyl (C=O) groups excluding carboxylic acids is 2. The molecule has 0 aromatic heterocycles. The molecule has 172 valence electrons. The zero-order chi connectivity index (χ0) is 24.0. The number of halogens is 1. The van der Waals surface area contributed by atoms with Crippen LogP contribution in [0, 0.1) is 5.82 Å². The Labute approximate surface area is 201 Å². The molecule has 0 unspecified atom stereocenters. The van der Waals surface area contributed by atoms with Crippen LogP contribution >= 0.6 is 0 Å². The van der Waals surface area contributed by atoms with E-state index in [-0.39, 0.29) is 0 Å². The van der Waals surface area contributed by atoms with E-state index in [1.54, 1.807) is 5.06 Å². The maximum absolute atomic E-state index is 14.5. The van der Waals surface area contributed by atoms with Crippen molar-refractivity contribution in [2.45, 2.75) is 17.6 Å². The quantitative estimate of drug-likeness (QED) is 0.390. The van der Waals surface area contributed by atoms with Crippen LogP contribution in [0.15, 0.2) is 115 Å². The maximum Gasteiger partial charge on any atom is 0.267 e. The summed E-state index contributed by atoms with van der Waals surface area (Å²) in [6, 6.07) is 33.1. The minimum absolute atomic E-state index is 0.313. The number of imide groups is 1. The molecule has 0 bridgehead atoms. The molecule has 6 heteroatoms. The van der Waals surface area contributed by atoms with E-state index in [0.29, 0.717) is 11.3 Å².